The summed E-state index contributed by atoms with van der Waals surface area (Å²) in [6, 6.07) is 17.8. The number of carbonyl (C=O) groups excluding carboxylic acids is 1. The van der Waals surface area contributed by atoms with Crippen LogP contribution in [0, 0.1) is 6.92 Å². The quantitative estimate of drug-likeness (QED) is 0.574. The fourth-order valence-electron chi connectivity index (χ4n) is 1.79. The van der Waals surface area contributed by atoms with Gasteiger partial charge in [-0.3, -0.25) is 15.6 Å². The van der Waals surface area contributed by atoms with E-state index in [0.717, 1.165) is 11.4 Å². The second-order valence-corrected chi connectivity index (χ2v) is 6.37. The van der Waals surface area contributed by atoms with Crippen LogP contribution in [-0.4, -0.2) is 16.8 Å². The maximum absolute atomic E-state index is 11.8. The lowest BCUT2D eigenvalue weighted by Crippen LogP contribution is -2.44. The number of para-hydroxylation sites is 1. The van der Waals surface area contributed by atoms with Gasteiger partial charge in [-0.1, -0.05) is 48.0 Å². The summed E-state index contributed by atoms with van der Waals surface area (Å²) in [5.41, 5.74) is 8.59. The number of rotatable bonds is 5. The van der Waals surface area contributed by atoms with E-state index >= 15 is 0 Å². The fourth-order valence-corrected chi connectivity index (χ4v) is 2.75. The molecule has 0 fully saturated rings. The number of hydrogen-bond acceptors (Lipinski definition) is 3. The van der Waals surface area contributed by atoms with E-state index < -0.39 is 0 Å². The molecule has 2 aromatic carbocycles. The predicted octanol–water partition coefficient (Wildman–Crippen LogP) is 3.25. The first-order chi connectivity index (χ1) is 11.1. The molecular formula is C17H19N3OS2. The second-order valence-electron chi connectivity index (χ2n) is 4.97. The van der Waals surface area contributed by atoms with E-state index in [4.69, 9.17) is 12.2 Å². The Morgan fingerprint density at radius 3 is 2.43 bits per heavy atom. The van der Waals surface area contributed by atoms with Gasteiger partial charge in [0, 0.05) is 11.4 Å². The monoisotopic (exact) mass is 345 g/mol. The van der Waals surface area contributed by atoms with Gasteiger partial charge in [0.1, 0.15) is 0 Å². The molecule has 120 valence electrons. The van der Waals surface area contributed by atoms with Gasteiger partial charge in [-0.2, -0.15) is 0 Å². The van der Waals surface area contributed by atoms with Crippen LogP contribution < -0.4 is 16.2 Å². The number of hydrazine groups is 1. The second kappa shape index (κ2) is 9.17. The van der Waals surface area contributed by atoms with Crippen LogP contribution >= 0.6 is 24.0 Å². The molecule has 0 aliphatic carbocycles. The molecule has 0 aliphatic heterocycles. The minimum absolute atomic E-state index is 0.112. The lowest BCUT2D eigenvalue weighted by molar-refractivity contribution is -0.119. The smallest absolute Gasteiger partial charge is 0.248 e. The van der Waals surface area contributed by atoms with E-state index in [1.165, 1.54) is 11.1 Å². The van der Waals surface area contributed by atoms with E-state index in [1.54, 1.807) is 11.8 Å². The normalized spacial score (nSPS) is 9.96. The van der Waals surface area contributed by atoms with Crippen molar-refractivity contribution >= 4 is 40.7 Å². The number of thiocarbonyl (C=S) groups is 1. The van der Waals surface area contributed by atoms with Gasteiger partial charge in [0.25, 0.3) is 0 Å². The highest BCUT2D eigenvalue weighted by Crippen LogP contribution is 2.12. The molecule has 2 rings (SSSR count). The predicted molar refractivity (Wildman–Crippen MR) is 101 cm³/mol. The molecule has 0 spiro atoms. The lowest BCUT2D eigenvalue weighted by atomic mass is 10.2. The average molecular weight is 345 g/mol. The van der Waals surface area contributed by atoms with Crippen molar-refractivity contribution < 1.29 is 4.79 Å². The molecule has 23 heavy (non-hydrogen) atoms. The summed E-state index contributed by atoms with van der Waals surface area (Å²) in [6.07, 6.45) is 0. The van der Waals surface area contributed by atoms with E-state index in [2.05, 4.69) is 47.4 Å². The Morgan fingerprint density at radius 1 is 1.04 bits per heavy atom. The highest BCUT2D eigenvalue weighted by atomic mass is 32.2. The number of amides is 1. The molecule has 0 aromatic heterocycles. The largest absolute Gasteiger partial charge is 0.331 e. The molecule has 4 nitrogen and oxygen atoms in total. The first-order valence-electron chi connectivity index (χ1n) is 7.17. The Hall–Kier alpha value is -2.05. The minimum Gasteiger partial charge on any atom is -0.331 e. The molecule has 0 atom stereocenters. The zero-order valence-corrected chi connectivity index (χ0v) is 14.5. The SMILES string of the molecule is Cc1ccc(CSCC(=O)NNC(=S)Nc2ccccc2)cc1. The maximum atomic E-state index is 11.8. The molecule has 0 aliphatic rings. The molecule has 2 aromatic rings. The lowest BCUT2D eigenvalue weighted by Gasteiger charge is -2.11. The van der Waals surface area contributed by atoms with Gasteiger partial charge in [0.05, 0.1) is 5.75 Å². The number of anilines is 1. The van der Waals surface area contributed by atoms with Crippen molar-refractivity contribution in [1.29, 1.82) is 0 Å². The Labute approximate surface area is 146 Å². The topological polar surface area (TPSA) is 53.2 Å². The fraction of sp³-hybridized carbons (Fsp3) is 0.176. The molecule has 0 bridgehead atoms. The summed E-state index contributed by atoms with van der Waals surface area (Å²) in [5, 5.41) is 3.34. The van der Waals surface area contributed by atoms with E-state index in [1.807, 2.05) is 30.3 Å². The van der Waals surface area contributed by atoms with Crippen molar-refractivity contribution in [3.8, 4) is 0 Å². The van der Waals surface area contributed by atoms with Crippen LogP contribution in [0.15, 0.2) is 54.6 Å². The summed E-state index contributed by atoms with van der Waals surface area (Å²) in [5.74, 6) is 1.06. The summed E-state index contributed by atoms with van der Waals surface area (Å²) in [6.45, 7) is 2.06. The van der Waals surface area contributed by atoms with Crippen molar-refractivity contribution in [2.75, 3.05) is 11.1 Å². The maximum Gasteiger partial charge on any atom is 0.248 e. The molecule has 0 radical (unpaired) electrons. The summed E-state index contributed by atoms with van der Waals surface area (Å²) in [7, 11) is 0. The van der Waals surface area contributed by atoms with Gasteiger partial charge in [-0.05, 0) is 36.8 Å². The third-order valence-electron chi connectivity index (χ3n) is 2.97. The summed E-state index contributed by atoms with van der Waals surface area (Å²) < 4.78 is 0. The number of aryl methyl sites for hydroxylation is 1. The molecule has 6 heteroatoms. The minimum atomic E-state index is -0.112. The van der Waals surface area contributed by atoms with Crippen LogP contribution in [0.5, 0.6) is 0 Å². The van der Waals surface area contributed by atoms with Crippen molar-refractivity contribution in [3.05, 3.63) is 65.7 Å². The van der Waals surface area contributed by atoms with Crippen molar-refractivity contribution in [2.24, 2.45) is 0 Å². The Balaban J connectivity index is 1.63. The van der Waals surface area contributed by atoms with E-state index in [0.29, 0.717) is 10.9 Å². The Kier molecular flexibility index (Phi) is 6.90. The number of benzene rings is 2. The molecule has 0 saturated carbocycles. The molecule has 0 heterocycles. The van der Waals surface area contributed by atoms with Crippen LogP contribution in [-0.2, 0) is 10.5 Å². The summed E-state index contributed by atoms with van der Waals surface area (Å²) >= 11 is 6.67. The number of carbonyl (C=O) groups is 1. The van der Waals surface area contributed by atoms with Crippen molar-refractivity contribution in [1.82, 2.24) is 10.9 Å². The van der Waals surface area contributed by atoms with Crippen LogP contribution in [0.4, 0.5) is 5.69 Å². The summed E-state index contributed by atoms with van der Waals surface area (Å²) in [4.78, 5) is 11.8. The first kappa shape index (κ1) is 17.3. The molecule has 3 N–H and O–H groups in total. The zero-order chi connectivity index (χ0) is 16.5. The average Bonchev–Trinajstić information content (AvgIpc) is 2.56. The van der Waals surface area contributed by atoms with Crippen LogP contribution in [0.2, 0.25) is 0 Å². The molecule has 0 unspecified atom stereocenters. The van der Waals surface area contributed by atoms with Gasteiger partial charge in [0.2, 0.25) is 5.91 Å². The van der Waals surface area contributed by atoms with Gasteiger partial charge in [-0.25, -0.2) is 0 Å². The van der Waals surface area contributed by atoms with Crippen LogP contribution in [0.3, 0.4) is 0 Å². The molecule has 0 saturated heterocycles. The van der Waals surface area contributed by atoms with Crippen molar-refractivity contribution in [3.63, 3.8) is 0 Å². The van der Waals surface area contributed by atoms with Crippen molar-refractivity contribution in [2.45, 2.75) is 12.7 Å². The zero-order valence-electron chi connectivity index (χ0n) is 12.8. The van der Waals surface area contributed by atoms with Crippen LogP contribution in [0.25, 0.3) is 0 Å². The third-order valence-corrected chi connectivity index (χ3v) is 4.18. The number of thioether (sulfide) groups is 1. The first-order valence-corrected chi connectivity index (χ1v) is 8.74. The van der Waals surface area contributed by atoms with E-state index in [9.17, 15) is 4.79 Å². The number of hydrogen-bond donors (Lipinski definition) is 3. The Bertz CT molecular complexity index is 645. The molecule has 1 amide bonds. The van der Waals surface area contributed by atoms with Gasteiger partial charge >= 0.3 is 0 Å². The highest BCUT2D eigenvalue weighted by Gasteiger charge is 2.03. The Morgan fingerprint density at radius 2 is 1.74 bits per heavy atom. The van der Waals surface area contributed by atoms with Gasteiger partial charge in [0.15, 0.2) is 5.11 Å². The van der Waals surface area contributed by atoms with Gasteiger partial charge < -0.3 is 5.32 Å². The molecular weight excluding hydrogens is 326 g/mol. The number of nitrogens with one attached hydrogen (secondary N) is 3. The standard InChI is InChI=1S/C17H19N3OS2/c1-13-7-9-14(10-8-13)11-23-12-16(21)19-20-17(22)18-15-5-3-2-4-6-15/h2-10H,11-12H2,1H3,(H,19,21)(H2,18,20,22). The van der Waals surface area contributed by atoms with Crippen LogP contribution in [0.1, 0.15) is 11.1 Å². The highest BCUT2D eigenvalue weighted by molar-refractivity contribution is 7.99. The van der Waals surface area contributed by atoms with E-state index in [-0.39, 0.29) is 5.91 Å². The van der Waals surface area contributed by atoms with Gasteiger partial charge in [-0.15, -0.1) is 11.8 Å². The third kappa shape index (κ3) is 6.71.